The minimum absolute atomic E-state index is 0.123. The molecule has 0 radical (unpaired) electrons. The maximum Gasteiger partial charge on any atom is 0.225 e. The summed E-state index contributed by atoms with van der Waals surface area (Å²) in [5.74, 6) is 4.16. The van der Waals surface area contributed by atoms with Gasteiger partial charge in [0.1, 0.15) is 17.5 Å². The van der Waals surface area contributed by atoms with E-state index in [9.17, 15) is 18.7 Å². The number of hydrogen-bond donors (Lipinski definition) is 2. The smallest absolute Gasteiger partial charge is 0.225 e. The van der Waals surface area contributed by atoms with Gasteiger partial charge in [-0.05, 0) is 29.9 Å². The summed E-state index contributed by atoms with van der Waals surface area (Å²) in [6.45, 7) is 0. The molecule has 126 valence electrons. The van der Waals surface area contributed by atoms with Gasteiger partial charge in [-0.1, -0.05) is 11.8 Å². The van der Waals surface area contributed by atoms with Crippen LogP contribution in [0.1, 0.15) is 18.4 Å². The topological polar surface area (TPSA) is 68.2 Å². The van der Waals surface area contributed by atoms with Gasteiger partial charge in [0.15, 0.2) is 5.75 Å². The van der Waals surface area contributed by atoms with Gasteiger partial charge in [0.2, 0.25) is 5.43 Å². The zero-order chi connectivity index (χ0) is 18.0. The van der Waals surface area contributed by atoms with Gasteiger partial charge in [0.25, 0.3) is 0 Å². The first-order valence-corrected chi connectivity index (χ1v) is 7.49. The van der Waals surface area contributed by atoms with E-state index in [-0.39, 0.29) is 17.8 Å². The average Bonchev–Trinajstić information content (AvgIpc) is 2.52. The second kappa shape index (κ2) is 6.65. The number of allylic oxidation sites excluding steroid dienone is 4. The zero-order valence-corrected chi connectivity index (χ0v) is 13.1. The maximum atomic E-state index is 14.1. The van der Waals surface area contributed by atoms with Crippen LogP contribution in [0.15, 0.2) is 47.4 Å². The highest BCUT2D eigenvalue weighted by Crippen LogP contribution is 2.27. The van der Waals surface area contributed by atoms with Crippen LogP contribution in [-0.2, 0) is 0 Å². The fraction of sp³-hybridized carbons (Fsp3) is 0.105. The largest absolute Gasteiger partial charge is 0.503 e. The predicted octanol–water partition coefficient (Wildman–Crippen LogP) is 3.14. The second-order valence-electron chi connectivity index (χ2n) is 5.47. The summed E-state index contributed by atoms with van der Waals surface area (Å²) < 4.78 is 28.7. The molecule has 0 atom stereocenters. The monoisotopic (exact) mass is 340 g/mol. The molecule has 0 spiro atoms. The van der Waals surface area contributed by atoms with Crippen LogP contribution in [0.2, 0.25) is 0 Å². The molecule has 4 nitrogen and oxygen atoms in total. The number of hydrogen-bond acceptors (Lipinski definition) is 3. The SMILES string of the molecule is Nc1cc(=O)c(O)cn1C1=CCC#CCC(c2ccc(F)cc2F)=C1. The third-order valence-electron chi connectivity index (χ3n) is 3.76. The number of benzene rings is 1. The van der Waals surface area contributed by atoms with Gasteiger partial charge < -0.3 is 15.4 Å². The lowest BCUT2D eigenvalue weighted by molar-refractivity contribution is 0.466. The molecule has 0 saturated heterocycles. The Morgan fingerprint density at radius 2 is 2.00 bits per heavy atom. The third kappa shape index (κ3) is 3.45. The summed E-state index contributed by atoms with van der Waals surface area (Å²) in [7, 11) is 0. The van der Waals surface area contributed by atoms with Gasteiger partial charge >= 0.3 is 0 Å². The van der Waals surface area contributed by atoms with Crippen molar-refractivity contribution in [1.29, 1.82) is 0 Å². The normalized spacial score (nSPS) is 13.8. The number of anilines is 1. The van der Waals surface area contributed by atoms with Crippen molar-refractivity contribution >= 4 is 17.1 Å². The average molecular weight is 340 g/mol. The number of halogens is 2. The number of nitrogen functional groups attached to an aromatic ring is 1. The van der Waals surface area contributed by atoms with Gasteiger partial charge in [0, 0.05) is 36.2 Å². The van der Waals surface area contributed by atoms with Gasteiger partial charge in [-0.15, -0.1) is 0 Å². The lowest BCUT2D eigenvalue weighted by Gasteiger charge is -2.15. The van der Waals surface area contributed by atoms with Crippen molar-refractivity contribution in [2.45, 2.75) is 12.8 Å². The molecule has 0 fully saturated rings. The van der Waals surface area contributed by atoms with Crippen LogP contribution in [0, 0.1) is 23.5 Å². The van der Waals surface area contributed by atoms with E-state index in [1.54, 1.807) is 12.2 Å². The zero-order valence-electron chi connectivity index (χ0n) is 13.1. The van der Waals surface area contributed by atoms with Crippen LogP contribution in [0.4, 0.5) is 14.6 Å². The van der Waals surface area contributed by atoms with Gasteiger partial charge in [-0.2, -0.15) is 0 Å². The Bertz CT molecular complexity index is 1020. The highest BCUT2D eigenvalue weighted by molar-refractivity contribution is 5.79. The van der Waals surface area contributed by atoms with E-state index in [2.05, 4.69) is 11.8 Å². The lowest BCUT2D eigenvalue weighted by Crippen LogP contribution is -2.11. The molecule has 1 heterocycles. The third-order valence-corrected chi connectivity index (χ3v) is 3.76. The van der Waals surface area contributed by atoms with Crippen LogP contribution in [0.5, 0.6) is 5.75 Å². The number of aromatic nitrogens is 1. The molecule has 1 aliphatic rings. The van der Waals surface area contributed by atoms with Crippen molar-refractivity contribution < 1.29 is 13.9 Å². The van der Waals surface area contributed by atoms with E-state index in [0.29, 0.717) is 17.7 Å². The van der Waals surface area contributed by atoms with Gasteiger partial charge in [0.05, 0.1) is 6.20 Å². The summed E-state index contributed by atoms with van der Waals surface area (Å²) in [5.41, 5.74) is 6.57. The molecule has 0 bridgehead atoms. The molecular formula is C19H14F2N2O2. The molecule has 3 rings (SSSR count). The first kappa shape index (κ1) is 16.5. The molecule has 2 aromatic rings. The van der Waals surface area contributed by atoms with Crippen LogP contribution < -0.4 is 11.2 Å². The van der Waals surface area contributed by atoms with E-state index in [4.69, 9.17) is 5.73 Å². The van der Waals surface area contributed by atoms with Crippen molar-refractivity contribution in [2.75, 3.05) is 5.73 Å². The maximum absolute atomic E-state index is 14.1. The molecule has 0 saturated carbocycles. The number of aromatic hydroxyl groups is 1. The predicted molar refractivity (Wildman–Crippen MR) is 92.4 cm³/mol. The molecule has 25 heavy (non-hydrogen) atoms. The molecule has 0 amide bonds. The molecule has 0 aliphatic heterocycles. The minimum atomic E-state index is -0.691. The van der Waals surface area contributed by atoms with Crippen molar-refractivity contribution in [3.63, 3.8) is 0 Å². The first-order chi connectivity index (χ1) is 12.0. The summed E-state index contributed by atoms with van der Waals surface area (Å²) >= 11 is 0. The lowest BCUT2D eigenvalue weighted by atomic mass is 9.99. The van der Waals surface area contributed by atoms with Crippen molar-refractivity contribution in [3.05, 3.63) is 70.0 Å². The minimum Gasteiger partial charge on any atom is -0.503 e. The molecule has 6 heteroatoms. The summed E-state index contributed by atoms with van der Waals surface area (Å²) in [4.78, 5) is 11.5. The first-order valence-electron chi connectivity index (χ1n) is 7.49. The molecular weight excluding hydrogens is 326 g/mol. The highest BCUT2D eigenvalue weighted by atomic mass is 19.1. The molecule has 1 aliphatic carbocycles. The van der Waals surface area contributed by atoms with Crippen LogP contribution in [0.3, 0.4) is 0 Å². The van der Waals surface area contributed by atoms with E-state index in [1.807, 2.05) is 0 Å². The Hall–Kier alpha value is -3.33. The van der Waals surface area contributed by atoms with Crippen LogP contribution in [0.25, 0.3) is 11.3 Å². The number of nitrogens with zero attached hydrogens (tertiary/aromatic N) is 1. The van der Waals surface area contributed by atoms with Crippen molar-refractivity contribution in [1.82, 2.24) is 4.57 Å². The van der Waals surface area contributed by atoms with Crippen molar-refractivity contribution in [2.24, 2.45) is 0 Å². The Kier molecular flexibility index (Phi) is 4.40. The summed E-state index contributed by atoms with van der Waals surface area (Å²) in [6.07, 6.45) is 5.30. The van der Waals surface area contributed by atoms with Gasteiger partial charge in [-0.3, -0.25) is 4.79 Å². The fourth-order valence-corrected chi connectivity index (χ4v) is 2.53. The van der Waals surface area contributed by atoms with Crippen LogP contribution >= 0.6 is 0 Å². The van der Waals surface area contributed by atoms with E-state index in [1.165, 1.54) is 22.9 Å². The van der Waals surface area contributed by atoms with E-state index < -0.39 is 22.8 Å². The summed E-state index contributed by atoms with van der Waals surface area (Å²) in [5, 5.41) is 9.67. The van der Waals surface area contributed by atoms with Crippen LogP contribution in [-0.4, -0.2) is 9.67 Å². The molecule has 3 N–H and O–H groups in total. The quantitative estimate of drug-likeness (QED) is 0.826. The number of rotatable bonds is 2. The van der Waals surface area contributed by atoms with E-state index in [0.717, 1.165) is 12.1 Å². The standard InChI is InChI=1S/C19H14F2N2O2/c20-13-6-7-15(16(21)9-13)12-4-2-1-3-5-14(8-12)23-11-18(25)17(24)10-19(23)22/h5-11,25H,3-4,22H2. The fourth-order valence-electron chi connectivity index (χ4n) is 2.53. The number of nitrogens with two attached hydrogens (primary N) is 1. The molecule has 1 aromatic carbocycles. The Morgan fingerprint density at radius 3 is 2.76 bits per heavy atom. The highest BCUT2D eigenvalue weighted by Gasteiger charge is 2.12. The second-order valence-corrected chi connectivity index (χ2v) is 5.47. The van der Waals surface area contributed by atoms with Crippen molar-refractivity contribution in [3.8, 4) is 17.6 Å². The molecule has 0 unspecified atom stereocenters. The Morgan fingerprint density at radius 1 is 1.20 bits per heavy atom. The summed E-state index contributed by atoms with van der Waals surface area (Å²) in [6, 6.07) is 4.44. The Balaban J connectivity index is 2.15. The Labute approximate surface area is 142 Å². The van der Waals surface area contributed by atoms with Gasteiger partial charge in [-0.25, -0.2) is 8.78 Å². The van der Waals surface area contributed by atoms with E-state index >= 15 is 0 Å². The number of pyridine rings is 1. The molecule has 1 aromatic heterocycles.